The number of rotatable bonds is 4. The van der Waals surface area contributed by atoms with Crippen molar-refractivity contribution in [3.63, 3.8) is 0 Å². The van der Waals surface area contributed by atoms with Crippen LogP contribution in [0.4, 0.5) is 4.39 Å². The Morgan fingerprint density at radius 2 is 2.07 bits per heavy atom. The van der Waals surface area contributed by atoms with E-state index >= 15 is 0 Å². The van der Waals surface area contributed by atoms with Crippen molar-refractivity contribution < 1.29 is 13.3 Å². The molecule has 0 radical (unpaired) electrons. The number of ether oxygens (including phenoxy) is 1. The van der Waals surface area contributed by atoms with Crippen LogP contribution in [0.2, 0.25) is 0 Å². The molecule has 1 aliphatic heterocycles. The Labute approximate surface area is 90.9 Å². The predicted octanol–water partition coefficient (Wildman–Crippen LogP) is 1.84. The quantitative estimate of drug-likeness (QED) is 0.736. The molecule has 0 spiro atoms. The molecule has 4 heteroatoms. The van der Waals surface area contributed by atoms with Crippen molar-refractivity contribution >= 4 is 10.8 Å². The second-order valence-corrected chi connectivity index (χ2v) is 5.36. The number of aryl methyl sites for hydroxylation is 1. The summed E-state index contributed by atoms with van der Waals surface area (Å²) in [5, 5.41) is 0. The number of epoxide rings is 1. The number of hydrogen-bond donors (Lipinski definition) is 0. The molecule has 0 aliphatic carbocycles. The summed E-state index contributed by atoms with van der Waals surface area (Å²) in [4.78, 5) is 0.740. The zero-order valence-corrected chi connectivity index (χ0v) is 9.35. The zero-order chi connectivity index (χ0) is 10.9. The third-order valence-electron chi connectivity index (χ3n) is 2.47. The molecule has 1 fully saturated rings. The first-order valence-electron chi connectivity index (χ1n) is 4.80. The highest BCUT2D eigenvalue weighted by atomic mass is 32.2. The first kappa shape index (κ1) is 10.8. The molecule has 2 atom stereocenters. The molecule has 2 rings (SSSR count). The van der Waals surface area contributed by atoms with Gasteiger partial charge in [-0.2, -0.15) is 0 Å². The summed E-state index contributed by atoms with van der Waals surface area (Å²) in [7, 11) is -1.16. The molecule has 2 nitrogen and oxygen atoms in total. The minimum atomic E-state index is -1.16. The van der Waals surface area contributed by atoms with E-state index in [1.54, 1.807) is 0 Å². The van der Waals surface area contributed by atoms with Crippen LogP contribution >= 0.6 is 0 Å². The van der Waals surface area contributed by atoms with E-state index < -0.39 is 23.1 Å². The molecule has 15 heavy (non-hydrogen) atoms. The first-order chi connectivity index (χ1) is 7.15. The van der Waals surface area contributed by atoms with Gasteiger partial charge in [-0.05, 0) is 19.1 Å². The molecule has 0 bridgehead atoms. The molecular formula is C11H13FO2S. The lowest BCUT2D eigenvalue weighted by Crippen LogP contribution is -2.23. The van der Waals surface area contributed by atoms with E-state index in [1.165, 1.54) is 0 Å². The standard InChI is InChI=1S/C11H13FO2S/c1-9-2-4-10(5-3-9)15(13)8-11(6-12)7-14-11/h2-5H,6-8H2,1H3/t11-,15-/m1/s1. The fourth-order valence-electron chi connectivity index (χ4n) is 1.31. The second kappa shape index (κ2) is 4.02. The van der Waals surface area contributed by atoms with Gasteiger partial charge < -0.3 is 4.74 Å². The van der Waals surface area contributed by atoms with Gasteiger partial charge in [0, 0.05) is 4.90 Å². The Morgan fingerprint density at radius 1 is 1.47 bits per heavy atom. The number of alkyl halides is 1. The van der Waals surface area contributed by atoms with Crippen LogP contribution in [0.3, 0.4) is 0 Å². The number of benzene rings is 1. The Balaban J connectivity index is 2.05. The molecule has 1 aromatic rings. The highest BCUT2D eigenvalue weighted by molar-refractivity contribution is 7.85. The van der Waals surface area contributed by atoms with E-state index in [0.717, 1.165) is 10.5 Å². The van der Waals surface area contributed by atoms with E-state index in [1.807, 2.05) is 31.2 Å². The third-order valence-corrected chi connectivity index (χ3v) is 4.06. The number of halogens is 1. The Kier molecular flexibility index (Phi) is 2.89. The third kappa shape index (κ3) is 2.44. The molecule has 82 valence electrons. The van der Waals surface area contributed by atoms with E-state index in [2.05, 4.69) is 0 Å². The van der Waals surface area contributed by atoms with E-state index in [-0.39, 0.29) is 5.75 Å². The van der Waals surface area contributed by atoms with Crippen LogP contribution in [0.5, 0.6) is 0 Å². The maximum atomic E-state index is 12.5. The molecular weight excluding hydrogens is 215 g/mol. The SMILES string of the molecule is Cc1ccc([S@](=O)C[C@@]2(CF)CO2)cc1. The van der Waals surface area contributed by atoms with Gasteiger partial charge in [0.15, 0.2) is 0 Å². The monoisotopic (exact) mass is 228 g/mol. The summed E-state index contributed by atoms with van der Waals surface area (Å²) in [5.74, 6) is 0.257. The van der Waals surface area contributed by atoms with Gasteiger partial charge in [0.05, 0.1) is 23.2 Å². The lowest BCUT2D eigenvalue weighted by molar-refractivity contribution is 0.267. The summed E-state index contributed by atoms with van der Waals surface area (Å²) in [6, 6.07) is 7.45. The maximum Gasteiger partial charge on any atom is 0.132 e. The van der Waals surface area contributed by atoms with Gasteiger partial charge in [-0.1, -0.05) is 17.7 Å². The van der Waals surface area contributed by atoms with Gasteiger partial charge in [-0.25, -0.2) is 4.39 Å². The topological polar surface area (TPSA) is 29.6 Å². The van der Waals surface area contributed by atoms with Gasteiger partial charge in [-0.3, -0.25) is 4.21 Å². The van der Waals surface area contributed by atoms with Gasteiger partial charge in [0.25, 0.3) is 0 Å². The predicted molar refractivity (Wildman–Crippen MR) is 57.1 cm³/mol. The van der Waals surface area contributed by atoms with E-state index in [0.29, 0.717) is 6.61 Å². The fraction of sp³-hybridized carbons (Fsp3) is 0.455. The minimum absolute atomic E-state index is 0.257. The summed E-state index contributed by atoms with van der Waals surface area (Å²) >= 11 is 0. The first-order valence-corrected chi connectivity index (χ1v) is 6.12. The van der Waals surface area contributed by atoms with Crippen molar-refractivity contribution in [3.8, 4) is 0 Å². The lowest BCUT2D eigenvalue weighted by atomic mass is 10.2. The van der Waals surface area contributed by atoms with Crippen LogP contribution in [0.1, 0.15) is 5.56 Å². The Morgan fingerprint density at radius 3 is 2.53 bits per heavy atom. The Hall–Kier alpha value is -0.740. The molecule has 0 N–H and O–H groups in total. The molecule has 0 amide bonds. The van der Waals surface area contributed by atoms with Gasteiger partial charge >= 0.3 is 0 Å². The van der Waals surface area contributed by atoms with Crippen molar-refractivity contribution in [1.82, 2.24) is 0 Å². The zero-order valence-electron chi connectivity index (χ0n) is 8.53. The molecule has 0 aromatic heterocycles. The van der Waals surface area contributed by atoms with Crippen molar-refractivity contribution in [1.29, 1.82) is 0 Å². The molecule has 1 saturated heterocycles. The van der Waals surface area contributed by atoms with Crippen LogP contribution < -0.4 is 0 Å². The summed E-state index contributed by atoms with van der Waals surface area (Å²) in [6.07, 6.45) is 0. The summed E-state index contributed by atoms with van der Waals surface area (Å²) in [5.41, 5.74) is 0.370. The van der Waals surface area contributed by atoms with Crippen molar-refractivity contribution in [2.45, 2.75) is 17.4 Å². The van der Waals surface area contributed by atoms with Crippen molar-refractivity contribution in [2.75, 3.05) is 19.0 Å². The molecule has 0 saturated carbocycles. The van der Waals surface area contributed by atoms with Crippen LogP contribution in [-0.2, 0) is 15.5 Å². The van der Waals surface area contributed by atoms with Crippen LogP contribution in [0.25, 0.3) is 0 Å². The highest BCUT2D eigenvalue weighted by Gasteiger charge is 2.46. The minimum Gasteiger partial charge on any atom is -0.366 e. The smallest absolute Gasteiger partial charge is 0.132 e. The van der Waals surface area contributed by atoms with Crippen LogP contribution in [-0.4, -0.2) is 28.8 Å². The van der Waals surface area contributed by atoms with Gasteiger partial charge in [0.1, 0.15) is 12.3 Å². The van der Waals surface area contributed by atoms with Crippen molar-refractivity contribution in [3.05, 3.63) is 29.8 Å². The average Bonchev–Trinajstić information content (AvgIpc) is 2.99. The Bertz CT molecular complexity index is 371. The normalized spacial score (nSPS) is 26.3. The second-order valence-electron chi connectivity index (χ2n) is 3.91. The summed E-state index contributed by atoms with van der Waals surface area (Å²) < 4.78 is 29.3. The average molecular weight is 228 g/mol. The maximum absolute atomic E-state index is 12.5. The number of hydrogen-bond acceptors (Lipinski definition) is 2. The van der Waals surface area contributed by atoms with Gasteiger partial charge in [0.2, 0.25) is 0 Å². The molecule has 1 aromatic carbocycles. The van der Waals surface area contributed by atoms with Crippen LogP contribution in [0, 0.1) is 6.92 Å². The lowest BCUT2D eigenvalue weighted by Gasteiger charge is -2.07. The van der Waals surface area contributed by atoms with E-state index in [9.17, 15) is 8.60 Å². The molecule has 1 heterocycles. The molecule has 0 unspecified atom stereocenters. The van der Waals surface area contributed by atoms with Crippen LogP contribution in [0.15, 0.2) is 29.2 Å². The fourth-order valence-corrected chi connectivity index (χ4v) is 2.64. The largest absolute Gasteiger partial charge is 0.366 e. The van der Waals surface area contributed by atoms with E-state index in [4.69, 9.17) is 4.74 Å². The van der Waals surface area contributed by atoms with Crippen molar-refractivity contribution in [2.24, 2.45) is 0 Å². The molecule has 1 aliphatic rings. The summed E-state index contributed by atoms with van der Waals surface area (Å²) in [6.45, 7) is 1.81. The highest BCUT2D eigenvalue weighted by Crippen LogP contribution is 2.29. The van der Waals surface area contributed by atoms with Gasteiger partial charge in [-0.15, -0.1) is 0 Å².